The number of thioether (sulfide) groups is 1. The molecular formula is C14H19NO3S. The Labute approximate surface area is 117 Å². The minimum Gasteiger partial charge on any atom is -0.480 e. The predicted octanol–water partition coefficient (Wildman–Crippen LogP) is 2.24. The van der Waals surface area contributed by atoms with Gasteiger partial charge in [0, 0.05) is 13.0 Å². The number of carboxylic acids is 1. The van der Waals surface area contributed by atoms with E-state index in [0.717, 1.165) is 17.7 Å². The van der Waals surface area contributed by atoms with E-state index in [9.17, 15) is 9.59 Å². The van der Waals surface area contributed by atoms with Crippen molar-refractivity contribution >= 4 is 23.6 Å². The van der Waals surface area contributed by atoms with Gasteiger partial charge in [-0.15, -0.1) is 0 Å². The summed E-state index contributed by atoms with van der Waals surface area (Å²) < 4.78 is 0. The molecule has 0 unspecified atom stereocenters. The molecule has 1 amide bonds. The van der Waals surface area contributed by atoms with E-state index in [1.165, 1.54) is 4.90 Å². The third kappa shape index (κ3) is 6.29. The molecule has 0 saturated carbocycles. The maximum atomic E-state index is 12.0. The molecule has 0 aromatic heterocycles. The summed E-state index contributed by atoms with van der Waals surface area (Å²) in [6.45, 7) is 0.109. The molecule has 0 radical (unpaired) electrons. The minimum absolute atomic E-state index is 0.0969. The van der Waals surface area contributed by atoms with Gasteiger partial charge in [0.25, 0.3) is 0 Å². The third-order valence-corrected chi connectivity index (χ3v) is 3.33. The van der Waals surface area contributed by atoms with E-state index >= 15 is 0 Å². The van der Waals surface area contributed by atoms with E-state index < -0.39 is 5.97 Å². The first kappa shape index (κ1) is 15.6. The first-order valence-electron chi connectivity index (χ1n) is 6.16. The number of amides is 1. The van der Waals surface area contributed by atoms with Crippen molar-refractivity contribution in [2.75, 3.05) is 18.6 Å². The Morgan fingerprint density at radius 2 is 1.95 bits per heavy atom. The second-order valence-electron chi connectivity index (χ2n) is 4.23. The summed E-state index contributed by atoms with van der Waals surface area (Å²) in [7, 11) is 0. The van der Waals surface area contributed by atoms with Crippen LogP contribution in [0.1, 0.15) is 18.4 Å². The summed E-state index contributed by atoms with van der Waals surface area (Å²) in [5.41, 5.74) is 0.946. The fourth-order valence-electron chi connectivity index (χ4n) is 1.73. The average molecular weight is 281 g/mol. The van der Waals surface area contributed by atoms with Crippen LogP contribution in [-0.2, 0) is 16.1 Å². The summed E-state index contributed by atoms with van der Waals surface area (Å²) in [5.74, 6) is -0.160. The highest BCUT2D eigenvalue weighted by molar-refractivity contribution is 7.98. The van der Waals surface area contributed by atoms with E-state index in [4.69, 9.17) is 5.11 Å². The number of nitrogens with zero attached hydrogens (tertiary/aromatic N) is 1. The lowest BCUT2D eigenvalue weighted by Crippen LogP contribution is -2.35. The third-order valence-electron chi connectivity index (χ3n) is 2.63. The van der Waals surface area contributed by atoms with E-state index in [1.54, 1.807) is 11.8 Å². The molecule has 1 aromatic rings. The van der Waals surface area contributed by atoms with Crippen molar-refractivity contribution in [1.29, 1.82) is 0 Å². The molecule has 0 heterocycles. The lowest BCUT2D eigenvalue weighted by atomic mass is 10.2. The largest absolute Gasteiger partial charge is 0.480 e. The zero-order valence-electron chi connectivity index (χ0n) is 11.0. The van der Waals surface area contributed by atoms with Gasteiger partial charge >= 0.3 is 5.97 Å². The highest BCUT2D eigenvalue weighted by Crippen LogP contribution is 2.08. The molecule has 1 aromatic carbocycles. The summed E-state index contributed by atoms with van der Waals surface area (Å²) in [6, 6.07) is 9.44. The number of hydrogen-bond donors (Lipinski definition) is 1. The molecule has 0 fully saturated rings. The molecule has 4 nitrogen and oxygen atoms in total. The van der Waals surface area contributed by atoms with E-state index in [1.807, 2.05) is 36.6 Å². The Kier molecular flexibility index (Phi) is 7.03. The number of benzene rings is 1. The first-order chi connectivity index (χ1) is 9.13. The second kappa shape index (κ2) is 8.58. The van der Waals surface area contributed by atoms with Crippen molar-refractivity contribution in [1.82, 2.24) is 4.90 Å². The molecule has 5 heteroatoms. The SMILES string of the molecule is CSCCCC(=O)N(CC(=O)O)Cc1ccccc1. The molecule has 0 aliphatic rings. The summed E-state index contributed by atoms with van der Waals surface area (Å²) >= 11 is 1.69. The smallest absolute Gasteiger partial charge is 0.323 e. The van der Waals surface area contributed by atoms with Crippen molar-refractivity contribution in [2.45, 2.75) is 19.4 Å². The standard InChI is InChI=1S/C14H19NO3S/c1-19-9-5-8-13(16)15(11-14(17)18)10-12-6-3-2-4-7-12/h2-4,6-7H,5,8-11H2,1H3,(H,17,18). The van der Waals surface area contributed by atoms with Crippen LogP contribution in [0.25, 0.3) is 0 Å². The molecule has 19 heavy (non-hydrogen) atoms. The van der Waals surface area contributed by atoms with Crippen LogP contribution in [0.2, 0.25) is 0 Å². The molecule has 0 atom stereocenters. The van der Waals surface area contributed by atoms with Crippen LogP contribution in [0.4, 0.5) is 0 Å². The zero-order chi connectivity index (χ0) is 14.1. The van der Waals surface area contributed by atoms with Crippen molar-refractivity contribution in [3.8, 4) is 0 Å². The van der Waals surface area contributed by atoms with Crippen molar-refractivity contribution in [3.63, 3.8) is 0 Å². The van der Waals surface area contributed by atoms with Gasteiger partial charge in [0.2, 0.25) is 5.91 Å². The number of rotatable bonds is 8. The summed E-state index contributed by atoms with van der Waals surface area (Å²) in [4.78, 5) is 24.2. The summed E-state index contributed by atoms with van der Waals surface area (Å²) in [6.07, 6.45) is 3.18. The van der Waals surface area contributed by atoms with Gasteiger partial charge in [0.05, 0.1) is 0 Å². The van der Waals surface area contributed by atoms with Crippen molar-refractivity contribution in [2.24, 2.45) is 0 Å². The fraction of sp³-hybridized carbons (Fsp3) is 0.429. The fourth-order valence-corrected chi connectivity index (χ4v) is 2.16. The second-order valence-corrected chi connectivity index (χ2v) is 5.21. The number of carbonyl (C=O) groups excluding carboxylic acids is 1. The maximum Gasteiger partial charge on any atom is 0.323 e. The highest BCUT2D eigenvalue weighted by atomic mass is 32.2. The van der Waals surface area contributed by atoms with Gasteiger partial charge in [-0.2, -0.15) is 11.8 Å². The van der Waals surface area contributed by atoms with E-state index in [0.29, 0.717) is 13.0 Å². The Hall–Kier alpha value is -1.49. The lowest BCUT2D eigenvalue weighted by Gasteiger charge is -2.20. The zero-order valence-corrected chi connectivity index (χ0v) is 11.9. The molecule has 0 aliphatic heterocycles. The molecule has 0 saturated heterocycles. The van der Waals surface area contributed by atoms with Crippen LogP contribution in [0.15, 0.2) is 30.3 Å². The van der Waals surface area contributed by atoms with E-state index in [2.05, 4.69) is 0 Å². The van der Waals surface area contributed by atoms with Crippen LogP contribution in [0, 0.1) is 0 Å². The first-order valence-corrected chi connectivity index (χ1v) is 7.55. The quantitative estimate of drug-likeness (QED) is 0.742. The highest BCUT2D eigenvalue weighted by Gasteiger charge is 2.16. The normalized spacial score (nSPS) is 10.2. The van der Waals surface area contributed by atoms with Gasteiger partial charge < -0.3 is 10.0 Å². The molecule has 1 N–H and O–H groups in total. The molecule has 0 aliphatic carbocycles. The van der Waals surface area contributed by atoms with Gasteiger partial charge in [-0.25, -0.2) is 0 Å². The van der Waals surface area contributed by atoms with Gasteiger partial charge in [0.1, 0.15) is 6.54 Å². The van der Waals surface area contributed by atoms with Crippen LogP contribution < -0.4 is 0 Å². The van der Waals surface area contributed by atoms with Gasteiger partial charge in [-0.05, 0) is 24.0 Å². The van der Waals surface area contributed by atoms with Gasteiger partial charge in [-0.3, -0.25) is 9.59 Å². The molecule has 104 valence electrons. The van der Waals surface area contributed by atoms with E-state index in [-0.39, 0.29) is 12.5 Å². The molecule has 1 rings (SSSR count). The number of aliphatic carboxylic acids is 1. The van der Waals surface area contributed by atoms with Crippen molar-refractivity contribution in [3.05, 3.63) is 35.9 Å². The number of carboxylic acid groups (broad SMARTS) is 1. The Bertz CT molecular complexity index is 408. The Morgan fingerprint density at radius 3 is 2.53 bits per heavy atom. The van der Waals surface area contributed by atoms with Crippen LogP contribution >= 0.6 is 11.8 Å². The predicted molar refractivity (Wildman–Crippen MR) is 77.1 cm³/mol. The topological polar surface area (TPSA) is 57.6 Å². The lowest BCUT2D eigenvalue weighted by molar-refractivity contribution is -0.144. The number of carbonyl (C=O) groups is 2. The Morgan fingerprint density at radius 1 is 1.26 bits per heavy atom. The van der Waals surface area contributed by atoms with Crippen LogP contribution in [0.3, 0.4) is 0 Å². The van der Waals surface area contributed by atoms with Crippen molar-refractivity contribution < 1.29 is 14.7 Å². The minimum atomic E-state index is -0.978. The average Bonchev–Trinajstić information content (AvgIpc) is 2.39. The summed E-state index contributed by atoms with van der Waals surface area (Å²) in [5, 5.41) is 8.88. The molecule has 0 spiro atoms. The Balaban J connectivity index is 2.60. The maximum absolute atomic E-state index is 12.0. The number of hydrogen-bond acceptors (Lipinski definition) is 3. The monoisotopic (exact) mass is 281 g/mol. The molecule has 0 bridgehead atoms. The van der Waals surface area contributed by atoms with Crippen LogP contribution in [0.5, 0.6) is 0 Å². The van der Waals surface area contributed by atoms with Gasteiger partial charge in [0.15, 0.2) is 0 Å². The molecular weight excluding hydrogens is 262 g/mol. The van der Waals surface area contributed by atoms with Crippen LogP contribution in [-0.4, -0.2) is 40.4 Å². The van der Waals surface area contributed by atoms with Gasteiger partial charge in [-0.1, -0.05) is 30.3 Å².